The largest absolute Gasteiger partial charge is 0.511 e. The van der Waals surface area contributed by atoms with Crippen LogP contribution in [-0.2, 0) is 14.3 Å². The van der Waals surface area contributed by atoms with Crippen molar-refractivity contribution in [2.45, 2.75) is 20.3 Å². The van der Waals surface area contributed by atoms with Crippen LogP contribution >= 0.6 is 0 Å². The summed E-state index contributed by atoms with van der Waals surface area (Å²) in [5.41, 5.74) is 0.631. The lowest BCUT2D eigenvalue weighted by Gasteiger charge is -2.04. The Bertz CT molecular complexity index is 260. The maximum Gasteiger partial charge on any atom is 0.324 e. The second-order valence-electron chi connectivity index (χ2n) is 2.94. The van der Waals surface area contributed by atoms with Gasteiger partial charge in [0.25, 0.3) is 0 Å². The third kappa shape index (κ3) is 1.47. The fourth-order valence-electron chi connectivity index (χ4n) is 1.03. The van der Waals surface area contributed by atoms with Crippen molar-refractivity contribution < 1.29 is 19.4 Å². The molecule has 1 atom stereocenters. The lowest BCUT2D eigenvalue weighted by molar-refractivity contribution is -0.152. The molecule has 0 aromatic heterocycles. The third-order valence-electron chi connectivity index (χ3n) is 1.71. The van der Waals surface area contributed by atoms with Gasteiger partial charge >= 0.3 is 11.9 Å². The van der Waals surface area contributed by atoms with Crippen LogP contribution in [0, 0.1) is 5.92 Å². The van der Waals surface area contributed by atoms with E-state index in [9.17, 15) is 14.7 Å². The Kier molecular flexibility index (Phi) is 2.17. The molecule has 0 amide bonds. The lowest BCUT2D eigenvalue weighted by Crippen LogP contribution is -2.11. The number of carbonyl (C=O) groups excluding carboxylic acids is 2. The summed E-state index contributed by atoms with van der Waals surface area (Å²) in [5.74, 6) is -2.05. The number of esters is 2. The van der Waals surface area contributed by atoms with Gasteiger partial charge in [-0.15, -0.1) is 0 Å². The molecule has 1 unspecified atom stereocenters. The van der Waals surface area contributed by atoms with E-state index < -0.39 is 17.9 Å². The summed E-state index contributed by atoms with van der Waals surface area (Å²) in [6.45, 7) is 3.34. The van der Waals surface area contributed by atoms with Crippen LogP contribution in [0.2, 0.25) is 0 Å². The van der Waals surface area contributed by atoms with Crippen molar-refractivity contribution in [3.63, 3.8) is 0 Å². The zero-order valence-electron chi connectivity index (χ0n) is 6.96. The number of allylic oxidation sites excluding steroid dienone is 1. The van der Waals surface area contributed by atoms with Gasteiger partial charge in [0.05, 0.1) is 6.42 Å². The number of aliphatic hydroxyl groups excluding tert-OH is 1. The van der Waals surface area contributed by atoms with E-state index >= 15 is 0 Å². The average Bonchev–Trinajstić information content (AvgIpc) is 2.28. The van der Waals surface area contributed by atoms with E-state index in [1.807, 2.05) is 0 Å². The number of ether oxygens (including phenoxy) is 1. The molecule has 4 nitrogen and oxygen atoms in total. The molecule has 0 saturated carbocycles. The molecule has 1 aliphatic heterocycles. The van der Waals surface area contributed by atoms with Crippen LogP contribution in [0.4, 0.5) is 0 Å². The standard InChI is InChI=1S/C8H10O4/c1-4(2)7(10)5-3-6(9)12-8(5)11/h5,10H,3H2,1-2H3. The molecule has 0 aliphatic carbocycles. The maximum atomic E-state index is 10.9. The first kappa shape index (κ1) is 8.77. The van der Waals surface area contributed by atoms with E-state index in [1.54, 1.807) is 13.8 Å². The van der Waals surface area contributed by atoms with Gasteiger partial charge in [-0.2, -0.15) is 0 Å². The molecule has 4 heteroatoms. The molecular formula is C8H10O4. The Balaban J connectivity index is 2.85. The van der Waals surface area contributed by atoms with Gasteiger partial charge in [0.2, 0.25) is 0 Å². The molecule has 0 radical (unpaired) electrons. The van der Waals surface area contributed by atoms with Gasteiger partial charge in [0.15, 0.2) is 0 Å². The lowest BCUT2D eigenvalue weighted by atomic mass is 10.0. The number of rotatable bonds is 1. The molecule has 1 rings (SSSR count). The number of hydrogen-bond acceptors (Lipinski definition) is 4. The van der Waals surface area contributed by atoms with Crippen molar-refractivity contribution in [3.8, 4) is 0 Å². The van der Waals surface area contributed by atoms with Crippen molar-refractivity contribution >= 4 is 11.9 Å². The Labute approximate surface area is 69.8 Å². The van der Waals surface area contributed by atoms with E-state index in [1.165, 1.54) is 0 Å². The predicted molar refractivity (Wildman–Crippen MR) is 40.2 cm³/mol. The first-order chi connectivity index (χ1) is 5.52. The second kappa shape index (κ2) is 2.97. The molecule has 1 saturated heterocycles. The fourth-order valence-corrected chi connectivity index (χ4v) is 1.03. The first-order valence-corrected chi connectivity index (χ1v) is 3.63. The van der Waals surface area contributed by atoms with Gasteiger partial charge in [-0.25, -0.2) is 0 Å². The number of hydrogen-bond donors (Lipinski definition) is 1. The minimum Gasteiger partial charge on any atom is -0.511 e. The van der Waals surface area contributed by atoms with E-state index in [4.69, 9.17) is 0 Å². The van der Waals surface area contributed by atoms with Crippen molar-refractivity contribution in [1.29, 1.82) is 0 Å². The summed E-state index contributed by atoms with van der Waals surface area (Å²) < 4.78 is 4.27. The van der Waals surface area contributed by atoms with Crippen molar-refractivity contribution in [2.75, 3.05) is 0 Å². The molecule has 0 aromatic carbocycles. The van der Waals surface area contributed by atoms with E-state index in [0.29, 0.717) is 5.57 Å². The third-order valence-corrected chi connectivity index (χ3v) is 1.71. The highest BCUT2D eigenvalue weighted by molar-refractivity contribution is 5.96. The monoisotopic (exact) mass is 170 g/mol. The Morgan fingerprint density at radius 1 is 1.50 bits per heavy atom. The van der Waals surface area contributed by atoms with Crippen molar-refractivity contribution in [3.05, 3.63) is 11.3 Å². The van der Waals surface area contributed by atoms with Gasteiger partial charge in [-0.05, 0) is 19.4 Å². The molecule has 1 aliphatic rings. The molecular weight excluding hydrogens is 160 g/mol. The Morgan fingerprint density at radius 3 is 2.42 bits per heavy atom. The van der Waals surface area contributed by atoms with E-state index in [-0.39, 0.29) is 12.2 Å². The fraction of sp³-hybridized carbons (Fsp3) is 0.500. The van der Waals surface area contributed by atoms with Gasteiger partial charge in [-0.3, -0.25) is 9.59 Å². The van der Waals surface area contributed by atoms with Gasteiger partial charge in [-0.1, -0.05) is 0 Å². The highest BCUT2D eigenvalue weighted by Crippen LogP contribution is 2.23. The SMILES string of the molecule is CC(C)=C(O)C1CC(=O)OC1=O. The zero-order valence-corrected chi connectivity index (χ0v) is 6.96. The summed E-state index contributed by atoms with van der Waals surface area (Å²) in [7, 11) is 0. The van der Waals surface area contributed by atoms with Crippen LogP contribution in [0.3, 0.4) is 0 Å². The summed E-state index contributed by atoms with van der Waals surface area (Å²) in [4.78, 5) is 21.5. The molecule has 66 valence electrons. The summed E-state index contributed by atoms with van der Waals surface area (Å²) in [6, 6.07) is 0. The van der Waals surface area contributed by atoms with E-state index in [0.717, 1.165) is 0 Å². The maximum absolute atomic E-state index is 10.9. The molecule has 0 bridgehead atoms. The van der Waals surface area contributed by atoms with Crippen LogP contribution in [0.25, 0.3) is 0 Å². The summed E-state index contributed by atoms with van der Waals surface area (Å²) in [5, 5.41) is 9.34. The number of carbonyl (C=O) groups is 2. The highest BCUT2D eigenvalue weighted by atomic mass is 16.6. The van der Waals surface area contributed by atoms with Crippen LogP contribution in [0.15, 0.2) is 11.3 Å². The first-order valence-electron chi connectivity index (χ1n) is 3.63. The molecule has 1 fully saturated rings. The second-order valence-corrected chi connectivity index (χ2v) is 2.94. The predicted octanol–water partition coefficient (Wildman–Crippen LogP) is 0.928. The quantitative estimate of drug-likeness (QED) is 0.361. The molecule has 1 heterocycles. The van der Waals surface area contributed by atoms with Crippen LogP contribution in [0.5, 0.6) is 0 Å². The molecule has 12 heavy (non-hydrogen) atoms. The Morgan fingerprint density at radius 2 is 2.08 bits per heavy atom. The molecule has 0 aromatic rings. The zero-order chi connectivity index (χ0) is 9.30. The van der Waals surface area contributed by atoms with Gasteiger partial charge in [0, 0.05) is 0 Å². The minimum atomic E-state index is -0.775. The summed E-state index contributed by atoms with van der Waals surface area (Å²) >= 11 is 0. The molecule has 0 spiro atoms. The van der Waals surface area contributed by atoms with Crippen molar-refractivity contribution in [2.24, 2.45) is 5.92 Å². The topological polar surface area (TPSA) is 63.6 Å². The van der Waals surface area contributed by atoms with Gasteiger partial charge < -0.3 is 9.84 Å². The van der Waals surface area contributed by atoms with Gasteiger partial charge in [0.1, 0.15) is 11.7 Å². The Hall–Kier alpha value is -1.32. The normalized spacial score (nSPS) is 22.3. The number of cyclic esters (lactones) is 2. The molecule has 1 N–H and O–H groups in total. The highest BCUT2D eigenvalue weighted by Gasteiger charge is 2.36. The number of aliphatic hydroxyl groups is 1. The minimum absolute atomic E-state index is 0.0458. The summed E-state index contributed by atoms with van der Waals surface area (Å²) in [6.07, 6.45) is -0.0458. The smallest absolute Gasteiger partial charge is 0.324 e. The van der Waals surface area contributed by atoms with Crippen LogP contribution < -0.4 is 0 Å². The average molecular weight is 170 g/mol. The van der Waals surface area contributed by atoms with E-state index in [2.05, 4.69) is 4.74 Å². The van der Waals surface area contributed by atoms with Crippen LogP contribution in [-0.4, -0.2) is 17.0 Å². The van der Waals surface area contributed by atoms with Crippen LogP contribution in [0.1, 0.15) is 20.3 Å². The van der Waals surface area contributed by atoms with Crippen molar-refractivity contribution in [1.82, 2.24) is 0 Å².